The second-order valence-electron chi connectivity index (χ2n) is 4.99. The maximum atomic E-state index is 12.1. The van der Waals surface area contributed by atoms with Crippen LogP contribution in [-0.4, -0.2) is 27.7 Å². The lowest BCUT2D eigenvalue weighted by Gasteiger charge is -2.10. The first kappa shape index (κ1) is 18.4. The number of nitrogens with one attached hydrogen (secondary N) is 1. The largest absolute Gasteiger partial charge is 0.379 e. The molecule has 0 aliphatic heterocycles. The van der Waals surface area contributed by atoms with Gasteiger partial charge in [-0.2, -0.15) is 0 Å². The van der Waals surface area contributed by atoms with Gasteiger partial charge in [-0.15, -0.1) is 0 Å². The summed E-state index contributed by atoms with van der Waals surface area (Å²) in [6.07, 6.45) is 1.71. The van der Waals surface area contributed by atoms with Crippen molar-refractivity contribution in [1.82, 2.24) is 4.72 Å². The molecule has 0 aromatic heterocycles. The maximum absolute atomic E-state index is 12.1. The van der Waals surface area contributed by atoms with E-state index in [0.717, 1.165) is 12.0 Å². The molecule has 0 amide bonds. The Balaban J connectivity index is 2.50. The van der Waals surface area contributed by atoms with Crippen molar-refractivity contribution in [2.75, 3.05) is 13.2 Å². The highest BCUT2D eigenvalue weighted by atomic mass is 35.5. The van der Waals surface area contributed by atoms with E-state index in [1.54, 1.807) is 12.1 Å². The molecule has 0 fully saturated rings. The van der Waals surface area contributed by atoms with Gasteiger partial charge in [0.05, 0.1) is 11.1 Å². The van der Waals surface area contributed by atoms with Crippen LogP contribution in [0.2, 0.25) is 5.02 Å². The Morgan fingerprint density at radius 3 is 2.62 bits per heavy atom. The predicted octanol–water partition coefficient (Wildman–Crippen LogP) is 2.28. The van der Waals surface area contributed by atoms with E-state index in [-0.39, 0.29) is 16.0 Å². The van der Waals surface area contributed by atoms with Gasteiger partial charge in [0.25, 0.3) is 0 Å². The van der Waals surface area contributed by atoms with Crippen molar-refractivity contribution in [3.63, 3.8) is 0 Å². The molecule has 0 saturated carbocycles. The summed E-state index contributed by atoms with van der Waals surface area (Å²) in [4.78, 5) is 0.0831. The molecule has 3 N–H and O–H groups in total. The van der Waals surface area contributed by atoms with Crippen molar-refractivity contribution in [3.05, 3.63) is 28.8 Å². The molecule has 120 valence electrons. The summed E-state index contributed by atoms with van der Waals surface area (Å²) in [6.45, 7) is 5.25. The Labute approximate surface area is 131 Å². The van der Waals surface area contributed by atoms with Gasteiger partial charge in [-0.25, -0.2) is 13.1 Å². The quantitative estimate of drug-likeness (QED) is 0.679. The van der Waals surface area contributed by atoms with Gasteiger partial charge in [-0.1, -0.05) is 17.7 Å². The topological polar surface area (TPSA) is 81.4 Å². The molecule has 0 heterocycles. The molecule has 0 aliphatic carbocycles. The van der Waals surface area contributed by atoms with Gasteiger partial charge >= 0.3 is 0 Å². The predicted molar refractivity (Wildman–Crippen MR) is 84.9 cm³/mol. The van der Waals surface area contributed by atoms with Crippen molar-refractivity contribution in [1.29, 1.82) is 0 Å². The monoisotopic (exact) mass is 334 g/mol. The summed E-state index contributed by atoms with van der Waals surface area (Å²) in [5, 5.41) is 0.189. The van der Waals surface area contributed by atoms with Gasteiger partial charge < -0.3 is 10.5 Å². The summed E-state index contributed by atoms with van der Waals surface area (Å²) in [7, 11) is -3.58. The molecular formula is C14H23ClN2O3S. The van der Waals surface area contributed by atoms with Crippen LogP contribution in [-0.2, 0) is 21.3 Å². The molecule has 0 aliphatic rings. The number of benzene rings is 1. The molecule has 0 spiro atoms. The summed E-state index contributed by atoms with van der Waals surface area (Å²) < 4.78 is 32.2. The molecule has 1 aromatic rings. The van der Waals surface area contributed by atoms with Crippen LogP contribution in [0, 0.1) is 0 Å². The number of sulfonamides is 1. The second kappa shape index (κ2) is 8.70. The highest BCUT2D eigenvalue weighted by Gasteiger charge is 2.17. The van der Waals surface area contributed by atoms with E-state index in [1.165, 1.54) is 6.07 Å². The van der Waals surface area contributed by atoms with Crippen LogP contribution < -0.4 is 10.5 Å². The zero-order valence-electron chi connectivity index (χ0n) is 12.4. The molecule has 0 atom stereocenters. The van der Waals surface area contributed by atoms with Gasteiger partial charge in [0, 0.05) is 19.7 Å². The van der Waals surface area contributed by atoms with E-state index in [2.05, 4.69) is 4.72 Å². The molecule has 0 saturated heterocycles. The average Bonchev–Trinajstić information content (AvgIpc) is 2.41. The number of halogens is 1. The fraction of sp³-hybridized carbons (Fsp3) is 0.571. The van der Waals surface area contributed by atoms with Crippen molar-refractivity contribution in [2.45, 2.75) is 44.2 Å². The number of unbranched alkanes of at least 4 members (excludes halogenated alkanes) is 1. The van der Waals surface area contributed by atoms with Gasteiger partial charge in [-0.05, 0) is 44.4 Å². The van der Waals surface area contributed by atoms with Crippen LogP contribution >= 0.6 is 11.6 Å². The van der Waals surface area contributed by atoms with E-state index in [1.807, 2.05) is 13.8 Å². The van der Waals surface area contributed by atoms with Crippen molar-refractivity contribution < 1.29 is 13.2 Å². The molecule has 0 bridgehead atoms. The van der Waals surface area contributed by atoms with Gasteiger partial charge in [0.1, 0.15) is 4.90 Å². The van der Waals surface area contributed by atoms with Crippen LogP contribution in [0.5, 0.6) is 0 Å². The van der Waals surface area contributed by atoms with Crippen molar-refractivity contribution in [2.24, 2.45) is 5.73 Å². The van der Waals surface area contributed by atoms with Crippen molar-refractivity contribution >= 4 is 21.6 Å². The minimum Gasteiger partial charge on any atom is -0.379 e. The Morgan fingerprint density at radius 1 is 1.33 bits per heavy atom. The lowest BCUT2D eigenvalue weighted by molar-refractivity contribution is 0.0762. The summed E-state index contributed by atoms with van der Waals surface area (Å²) >= 11 is 6.00. The fourth-order valence-electron chi connectivity index (χ4n) is 1.72. The number of hydrogen-bond acceptors (Lipinski definition) is 4. The number of nitrogens with two attached hydrogens (primary N) is 1. The highest BCUT2D eigenvalue weighted by molar-refractivity contribution is 7.89. The van der Waals surface area contributed by atoms with Crippen LogP contribution in [0.15, 0.2) is 23.1 Å². The molecule has 1 rings (SSSR count). The standard InChI is InChI=1S/C14H23ClN2O3S/c1-11(2)20-8-4-3-7-17-21(18,19)14-6-5-12(10-16)9-13(14)15/h5-6,9,11,17H,3-4,7-8,10,16H2,1-2H3. The minimum atomic E-state index is -3.58. The van der Waals surface area contributed by atoms with Crippen LogP contribution in [0.3, 0.4) is 0 Å². The molecule has 7 heteroatoms. The van der Waals surface area contributed by atoms with Gasteiger partial charge in [0.2, 0.25) is 10.0 Å². The van der Waals surface area contributed by atoms with E-state index in [9.17, 15) is 8.42 Å². The zero-order valence-corrected chi connectivity index (χ0v) is 14.0. The first-order valence-electron chi connectivity index (χ1n) is 6.96. The van der Waals surface area contributed by atoms with Gasteiger partial charge in [0.15, 0.2) is 0 Å². The third kappa shape index (κ3) is 6.32. The number of hydrogen-bond donors (Lipinski definition) is 2. The smallest absolute Gasteiger partial charge is 0.242 e. The first-order chi connectivity index (χ1) is 9.86. The fourth-order valence-corrected chi connectivity index (χ4v) is 3.36. The lowest BCUT2D eigenvalue weighted by Crippen LogP contribution is -2.25. The minimum absolute atomic E-state index is 0.0831. The Kier molecular flexibility index (Phi) is 7.62. The molecule has 0 unspecified atom stereocenters. The summed E-state index contributed by atoms with van der Waals surface area (Å²) in [6, 6.07) is 4.72. The lowest BCUT2D eigenvalue weighted by atomic mass is 10.2. The van der Waals surface area contributed by atoms with Crippen LogP contribution in [0.4, 0.5) is 0 Å². The average molecular weight is 335 g/mol. The van der Waals surface area contributed by atoms with E-state index in [4.69, 9.17) is 22.1 Å². The van der Waals surface area contributed by atoms with Crippen LogP contribution in [0.25, 0.3) is 0 Å². The molecule has 0 radical (unpaired) electrons. The van der Waals surface area contributed by atoms with E-state index in [0.29, 0.717) is 26.1 Å². The zero-order chi connectivity index (χ0) is 15.9. The van der Waals surface area contributed by atoms with Gasteiger partial charge in [-0.3, -0.25) is 0 Å². The number of ether oxygens (including phenoxy) is 1. The molecule has 1 aromatic carbocycles. The second-order valence-corrected chi connectivity index (χ2v) is 7.14. The third-order valence-electron chi connectivity index (χ3n) is 2.84. The molecule has 5 nitrogen and oxygen atoms in total. The number of rotatable bonds is 9. The summed E-state index contributed by atoms with van der Waals surface area (Å²) in [5.41, 5.74) is 6.29. The highest BCUT2D eigenvalue weighted by Crippen LogP contribution is 2.22. The summed E-state index contributed by atoms with van der Waals surface area (Å²) in [5.74, 6) is 0. The Morgan fingerprint density at radius 2 is 2.05 bits per heavy atom. The SMILES string of the molecule is CC(C)OCCCCNS(=O)(=O)c1ccc(CN)cc1Cl. The van der Waals surface area contributed by atoms with Crippen molar-refractivity contribution in [3.8, 4) is 0 Å². The third-order valence-corrected chi connectivity index (χ3v) is 4.78. The molecule has 21 heavy (non-hydrogen) atoms. The Hall–Kier alpha value is -0.660. The normalized spacial score (nSPS) is 12.0. The van der Waals surface area contributed by atoms with Crippen LogP contribution in [0.1, 0.15) is 32.3 Å². The Bertz CT molecular complexity index is 547. The van der Waals surface area contributed by atoms with E-state index >= 15 is 0 Å². The maximum Gasteiger partial charge on any atom is 0.242 e. The molecular weight excluding hydrogens is 312 g/mol. The van der Waals surface area contributed by atoms with E-state index < -0.39 is 10.0 Å². The first-order valence-corrected chi connectivity index (χ1v) is 8.82.